The molecule has 0 unspecified atom stereocenters. The van der Waals surface area contributed by atoms with Crippen molar-refractivity contribution < 1.29 is 24.2 Å². The minimum atomic E-state index is -0.990. The van der Waals surface area contributed by atoms with Gasteiger partial charge in [0.2, 0.25) is 0 Å². The van der Waals surface area contributed by atoms with Crippen molar-refractivity contribution in [1.82, 2.24) is 5.43 Å². The van der Waals surface area contributed by atoms with E-state index in [0.29, 0.717) is 26.0 Å². The third kappa shape index (κ3) is 4.75. The minimum Gasteiger partial charge on any atom is -0.506 e. The summed E-state index contributed by atoms with van der Waals surface area (Å²) in [6.45, 7) is 1.80. The van der Waals surface area contributed by atoms with Crippen LogP contribution in [0.15, 0.2) is 60.9 Å². The van der Waals surface area contributed by atoms with Crippen molar-refractivity contribution in [3.8, 4) is 17.1 Å². The van der Waals surface area contributed by atoms with Crippen LogP contribution in [0.2, 0.25) is 0 Å². The lowest BCUT2D eigenvalue weighted by Gasteiger charge is -2.04. The molecule has 0 aliphatic carbocycles. The fourth-order valence-electron chi connectivity index (χ4n) is 2.56. The molecular weight excluding hydrogens is 508 g/mol. The average molecular weight is 522 g/mol. The number of nitrogens with one attached hydrogen (secondary N) is 1. The molecule has 7 nitrogen and oxygen atoms in total. The Hall–Kier alpha value is -2.91. The van der Waals surface area contributed by atoms with E-state index < -0.39 is 11.9 Å². The van der Waals surface area contributed by atoms with Crippen LogP contribution in [0, 0.1) is 6.92 Å². The van der Waals surface area contributed by atoms with E-state index in [1.54, 1.807) is 31.2 Å². The lowest BCUT2D eigenvalue weighted by molar-refractivity contribution is 0.0696. The Morgan fingerprint density at radius 2 is 1.76 bits per heavy atom. The first kappa shape index (κ1) is 20.8. The summed E-state index contributed by atoms with van der Waals surface area (Å²) in [6.07, 6.45) is 1.35. The number of amides is 1. The van der Waals surface area contributed by atoms with E-state index in [1.807, 2.05) is 0 Å². The molecule has 0 atom stereocenters. The molecule has 2 aromatic carbocycles. The number of aryl methyl sites for hydroxylation is 1. The molecule has 1 aromatic heterocycles. The number of carbonyl (C=O) groups excluding carboxylic acids is 1. The number of aromatic carboxylic acids is 1. The van der Waals surface area contributed by atoms with Crippen LogP contribution in [-0.4, -0.2) is 28.3 Å². The minimum absolute atomic E-state index is 0.000142. The number of carboxylic acids is 1. The molecular formula is C20H14Br2N2O5. The molecule has 29 heavy (non-hydrogen) atoms. The maximum Gasteiger partial charge on any atom is 0.335 e. The molecule has 148 valence electrons. The molecule has 0 saturated carbocycles. The van der Waals surface area contributed by atoms with Crippen LogP contribution >= 0.6 is 31.9 Å². The van der Waals surface area contributed by atoms with Crippen molar-refractivity contribution >= 4 is 50.0 Å². The number of aromatic hydroxyl groups is 1. The molecule has 3 aromatic rings. The van der Waals surface area contributed by atoms with Crippen LogP contribution in [0.1, 0.15) is 32.0 Å². The Morgan fingerprint density at radius 3 is 2.38 bits per heavy atom. The van der Waals surface area contributed by atoms with Gasteiger partial charge in [0, 0.05) is 11.1 Å². The smallest absolute Gasteiger partial charge is 0.335 e. The van der Waals surface area contributed by atoms with Crippen molar-refractivity contribution in [2.75, 3.05) is 0 Å². The molecule has 3 N–H and O–H groups in total. The normalized spacial score (nSPS) is 11.0. The van der Waals surface area contributed by atoms with Gasteiger partial charge in [0.1, 0.15) is 17.3 Å². The van der Waals surface area contributed by atoms with Gasteiger partial charge < -0.3 is 14.6 Å². The second kappa shape index (κ2) is 8.62. The molecule has 1 heterocycles. The van der Waals surface area contributed by atoms with Gasteiger partial charge in [-0.15, -0.1) is 0 Å². The molecule has 0 aliphatic rings. The monoisotopic (exact) mass is 520 g/mol. The fraction of sp³-hybridized carbons (Fsp3) is 0.0500. The van der Waals surface area contributed by atoms with Crippen LogP contribution in [-0.2, 0) is 0 Å². The van der Waals surface area contributed by atoms with E-state index >= 15 is 0 Å². The fourth-order valence-corrected chi connectivity index (χ4v) is 3.74. The summed E-state index contributed by atoms with van der Waals surface area (Å²) in [6, 6.07) is 11.1. The van der Waals surface area contributed by atoms with Crippen LogP contribution in [0.25, 0.3) is 11.3 Å². The summed E-state index contributed by atoms with van der Waals surface area (Å²) < 4.78 is 6.45. The van der Waals surface area contributed by atoms with Gasteiger partial charge in [-0.2, -0.15) is 5.10 Å². The number of furan rings is 1. The topological polar surface area (TPSA) is 112 Å². The van der Waals surface area contributed by atoms with Gasteiger partial charge in [-0.1, -0.05) is 6.07 Å². The highest BCUT2D eigenvalue weighted by molar-refractivity contribution is 9.11. The third-order valence-corrected chi connectivity index (χ3v) is 5.21. The Morgan fingerprint density at radius 1 is 1.07 bits per heavy atom. The van der Waals surface area contributed by atoms with Crippen molar-refractivity contribution in [3.63, 3.8) is 0 Å². The first-order valence-corrected chi connectivity index (χ1v) is 9.80. The van der Waals surface area contributed by atoms with Crippen LogP contribution in [0.3, 0.4) is 0 Å². The largest absolute Gasteiger partial charge is 0.506 e. The summed E-state index contributed by atoms with van der Waals surface area (Å²) in [4.78, 5) is 23.2. The average Bonchev–Trinajstić information content (AvgIpc) is 3.14. The number of hydrogen-bond acceptors (Lipinski definition) is 5. The number of hydrazone groups is 1. The SMILES string of the molecule is Cc1cc(C(=O)O)ccc1-c1ccc(/C=N\NC(=O)c2cc(Br)c(O)c(Br)c2)o1. The zero-order chi connectivity index (χ0) is 21.1. The van der Waals surface area contributed by atoms with Crippen molar-refractivity contribution in [1.29, 1.82) is 0 Å². The quantitative estimate of drug-likeness (QED) is 0.325. The maximum atomic E-state index is 12.2. The Kier molecular flexibility index (Phi) is 6.19. The van der Waals surface area contributed by atoms with Gasteiger partial charge in [0.25, 0.3) is 5.91 Å². The van der Waals surface area contributed by atoms with Gasteiger partial charge >= 0.3 is 5.97 Å². The number of halogens is 2. The molecule has 0 aliphatic heterocycles. The van der Waals surface area contributed by atoms with Crippen LogP contribution in [0.4, 0.5) is 0 Å². The lowest BCUT2D eigenvalue weighted by atomic mass is 10.0. The summed E-state index contributed by atoms with van der Waals surface area (Å²) in [7, 11) is 0. The molecule has 0 spiro atoms. The number of carbonyl (C=O) groups is 2. The summed E-state index contributed by atoms with van der Waals surface area (Å²) >= 11 is 6.33. The Balaban J connectivity index is 1.71. The second-order valence-electron chi connectivity index (χ2n) is 6.02. The highest BCUT2D eigenvalue weighted by Gasteiger charge is 2.12. The predicted octanol–water partition coefficient (Wildman–Crippen LogP) is 4.95. The number of phenols is 1. The molecule has 0 radical (unpaired) electrons. The van der Waals surface area contributed by atoms with E-state index in [1.165, 1.54) is 24.4 Å². The molecule has 0 bridgehead atoms. The number of carboxylic acid groups (broad SMARTS) is 1. The zero-order valence-electron chi connectivity index (χ0n) is 14.9. The molecule has 9 heteroatoms. The number of phenolic OH excluding ortho intramolecular Hbond substituents is 1. The van der Waals surface area contributed by atoms with Gasteiger partial charge in [-0.05, 0) is 80.7 Å². The first-order valence-electron chi connectivity index (χ1n) is 8.22. The molecule has 0 saturated heterocycles. The van der Waals surface area contributed by atoms with Gasteiger partial charge in [0.05, 0.1) is 20.7 Å². The molecule has 1 amide bonds. The number of nitrogens with zero attached hydrogens (tertiary/aromatic N) is 1. The van der Waals surface area contributed by atoms with Crippen LogP contribution < -0.4 is 5.43 Å². The van der Waals surface area contributed by atoms with E-state index in [9.17, 15) is 14.7 Å². The van der Waals surface area contributed by atoms with Gasteiger partial charge in [-0.25, -0.2) is 10.2 Å². The summed E-state index contributed by atoms with van der Waals surface area (Å²) in [5, 5.41) is 22.6. The van der Waals surface area contributed by atoms with E-state index in [0.717, 1.165) is 11.1 Å². The third-order valence-electron chi connectivity index (χ3n) is 4.00. The molecule has 3 rings (SSSR count). The summed E-state index contributed by atoms with van der Waals surface area (Å²) in [5.74, 6) is -0.488. The van der Waals surface area contributed by atoms with Gasteiger partial charge in [-0.3, -0.25) is 4.79 Å². The highest BCUT2D eigenvalue weighted by Crippen LogP contribution is 2.33. The number of hydrogen-bond donors (Lipinski definition) is 3. The second-order valence-corrected chi connectivity index (χ2v) is 7.73. The zero-order valence-corrected chi connectivity index (χ0v) is 18.1. The lowest BCUT2D eigenvalue weighted by Crippen LogP contribution is -2.17. The summed E-state index contributed by atoms with van der Waals surface area (Å²) in [5.41, 5.74) is 4.41. The molecule has 0 fully saturated rings. The van der Waals surface area contributed by atoms with Gasteiger partial charge in [0.15, 0.2) is 0 Å². The number of rotatable bonds is 5. The van der Waals surface area contributed by atoms with E-state index in [4.69, 9.17) is 9.52 Å². The van der Waals surface area contributed by atoms with E-state index in [-0.39, 0.29) is 11.3 Å². The highest BCUT2D eigenvalue weighted by atomic mass is 79.9. The van der Waals surface area contributed by atoms with Crippen molar-refractivity contribution in [2.24, 2.45) is 5.10 Å². The predicted molar refractivity (Wildman–Crippen MR) is 114 cm³/mol. The Bertz CT molecular complexity index is 1110. The van der Waals surface area contributed by atoms with Crippen LogP contribution in [0.5, 0.6) is 5.75 Å². The van der Waals surface area contributed by atoms with Crippen molar-refractivity contribution in [3.05, 3.63) is 73.9 Å². The first-order chi connectivity index (χ1) is 13.8. The van der Waals surface area contributed by atoms with Crippen molar-refractivity contribution in [2.45, 2.75) is 6.92 Å². The standard InChI is InChI=1S/C20H14Br2N2O5/c1-10-6-11(20(27)28)2-4-14(10)17-5-3-13(29-17)9-23-24-19(26)12-7-15(21)18(25)16(22)8-12/h2-9,25H,1H3,(H,24,26)(H,27,28)/b23-9-. The maximum absolute atomic E-state index is 12.2. The van der Waals surface area contributed by atoms with E-state index in [2.05, 4.69) is 42.4 Å². The Labute approximate surface area is 182 Å². The number of benzene rings is 2.